The Morgan fingerprint density at radius 2 is 1.86 bits per heavy atom. The highest BCUT2D eigenvalue weighted by Gasteiger charge is 2.27. The van der Waals surface area contributed by atoms with Gasteiger partial charge in [0.1, 0.15) is 18.1 Å². The van der Waals surface area contributed by atoms with E-state index in [1.54, 1.807) is 17.7 Å². The molecule has 3 aromatic heterocycles. The summed E-state index contributed by atoms with van der Waals surface area (Å²) in [7, 11) is 0. The zero-order valence-electron chi connectivity index (χ0n) is 17.3. The van der Waals surface area contributed by atoms with Crippen LogP contribution in [0.1, 0.15) is 61.5 Å². The molecular weight excluding hydrogens is 382 g/mol. The fourth-order valence-corrected chi connectivity index (χ4v) is 5.53. The van der Waals surface area contributed by atoms with Crippen molar-refractivity contribution in [3.05, 3.63) is 34.2 Å². The molecule has 0 spiro atoms. The van der Waals surface area contributed by atoms with Gasteiger partial charge in [0, 0.05) is 36.8 Å². The SMILES string of the molecule is Cc1c(C)n(C2CCCC2)c2ncnc(OC3CCN(Cc4cscn4)CC3)c12. The van der Waals surface area contributed by atoms with Crippen molar-refractivity contribution in [3.63, 3.8) is 0 Å². The molecule has 4 heterocycles. The molecule has 29 heavy (non-hydrogen) atoms. The summed E-state index contributed by atoms with van der Waals surface area (Å²) >= 11 is 1.67. The first-order valence-electron chi connectivity index (χ1n) is 10.8. The van der Waals surface area contributed by atoms with Crippen molar-refractivity contribution >= 4 is 22.4 Å². The minimum atomic E-state index is 0.217. The van der Waals surface area contributed by atoms with Crippen LogP contribution in [-0.4, -0.2) is 43.6 Å². The molecule has 7 heteroatoms. The van der Waals surface area contributed by atoms with Gasteiger partial charge in [0.15, 0.2) is 0 Å². The first-order chi connectivity index (χ1) is 14.2. The largest absolute Gasteiger partial charge is 0.474 e. The highest BCUT2D eigenvalue weighted by atomic mass is 32.1. The van der Waals surface area contributed by atoms with Crippen LogP contribution in [0, 0.1) is 13.8 Å². The van der Waals surface area contributed by atoms with E-state index in [1.165, 1.54) is 42.6 Å². The molecule has 2 aliphatic rings. The van der Waals surface area contributed by atoms with E-state index in [0.29, 0.717) is 6.04 Å². The van der Waals surface area contributed by atoms with Gasteiger partial charge in [0.05, 0.1) is 16.6 Å². The van der Waals surface area contributed by atoms with E-state index in [4.69, 9.17) is 4.74 Å². The number of fused-ring (bicyclic) bond motifs is 1. The van der Waals surface area contributed by atoms with E-state index in [2.05, 4.69) is 43.6 Å². The van der Waals surface area contributed by atoms with Crippen LogP contribution in [-0.2, 0) is 6.54 Å². The maximum Gasteiger partial charge on any atom is 0.226 e. The fourth-order valence-electron chi connectivity index (χ4n) is 4.98. The van der Waals surface area contributed by atoms with Crippen molar-refractivity contribution < 1.29 is 4.74 Å². The molecule has 2 fully saturated rings. The summed E-state index contributed by atoms with van der Waals surface area (Å²) in [6.07, 6.45) is 9.08. The number of aromatic nitrogens is 4. The van der Waals surface area contributed by atoms with Crippen LogP contribution in [0.2, 0.25) is 0 Å². The van der Waals surface area contributed by atoms with Crippen molar-refractivity contribution in [1.29, 1.82) is 0 Å². The van der Waals surface area contributed by atoms with E-state index in [0.717, 1.165) is 49.4 Å². The van der Waals surface area contributed by atoms with Crippen LogP contribution in [0.3, 0.4) is 0 Å². The van der Waals surface area contributed by atoms with Gasteiger partial charge in [-0.1, -0.05) is 12.8 Å². The number of thiazole rings is 1. The average Bonchev–Trinajstić information content (AvgIpc) is 3.47. The standard InChI is InChI=1S/C22H29N5OS/c1-15-16(2)27(18-5-3-4-6-18)21-20(15)22(24-13-23-21)28-19-7-9-26(10-8-19)11-17-12-29-14-25-17/h12-14,18-19H,3-11H2,1-2H3. The second-order valence-corrected chi connectivity index (χ2v) is 9.19. The lowest BCUT2D eigenvalue weighted by molar-refractivity contribution is 0.0938. The van der Waals surface area contributed by atoms with Gasteiger partial charge in [0.25, 0.3) is 0 Å². The third-order valence-corrected chi connectivity index (χ3v) is 7.31. The third kappa shape index (κ3) is 3.66. The van der Waals surface area contributed by atoms with Crippen molar-refractivity contribution in [2.75, 3.05) is 13.1 Å². The Morgan fingerprint density at radius 1 is 1.07 bits per heavy atom. The van der Waals surface area contributed by atoms with Crippen molar-refractivity contribution in [2.45, 2.75) is 71.1 Å². The van der Waals surface area contributed by atoms with Crippen LogP contribution in [0.5, 0.6) is 5.88 Å². The molecule has 3 aromatic rings. The van der Waals surface area contributed by atoms with Crippen LogP contribution < -0.4 is 4.74 Å². The van der Waals surface area contributed by atoms with E-state index in [1.807, 2.05) is 5.51 Å². The summed E-state index contributed by atoms with van der Waals surface area (Å²) in [6.45, 7) is 7.43. The zero-order chi connectivity index (χ0) is 19.8. The summed E-state index contributed by atoms with van der Waals surface area (Å²) in [6, 6.07) is 0.572. The highest BCUT2D eigenvalue weighted by molar-refractivity contribution is 7.07. The molecule has 0 N–H and O–H groups in total. The lowest BCUT2D eigenvalue weighted by atomic mass is 10.1. The summed E-state index contributed by atoms with van der Waals surface area (Å²) in [5.41, 5.74) is 6.72. The highest BCUT2D eigenvalue weighted by Crippen LogP contribution is 2.38. The lowest BCUT2D eigenvalue weighted by Gasteiger charge is -2.31. The molecular formula is C22H29N5OS. The molecule has 0 unspecified atom stereocenters. The smallest absolute Gasteiger partial charge is 0.226 e. The van der Waals surface area contributed by atoms with Crippen molar-refractivity contribution in [3.8, 4) is 5.88 Å². The van der Waals surface area contributed by atoms with E-state index in [9.17, 15) is 0 Å². The van der Waals surface area contributed by atoms with Gasteiger partial charge in [-0.15, -0.1) is 11.3 Å². The molecule has 1 aliphatic carbocycles. The van der Waals surface area contributed by atoms with Crippen LogP contribution >= 0.6 is 11.3 Å². The number of hydrogen-bond donors (Lipinski definition) is 0. The summed E-state index contributed by atoms with van der Waals surface area (Å²) < 4.78 is 8.91. The molecule has 0 bridgehead atoms. The second kappa shape index (κ2) is 8.03. The molecule has 0 radical (unpaired) electrons. The number of hydrogen-bond acceptors (Lipinski definition) is 6. The summed E-state index contributed by atoms with van der Waals surface area (Å²) in [4.78, 5) is 16.1. The van der Waals surface area contributed by atoms with E-state index >= 15 is 0 Å². The van der Waals surface area contributed by atoms with Crippen molar-refractivity contribution in [2.24, 2.45) is 0 Å². The van der Waals surface area contributed by atoms with Gasteiger partial charge in [-0.3, -0.25) is 4.90 Å². The first kappa shape index (κ1) is 19.0. The predicted molar refractivity (Wildman–Crippen MR) is 116 cm³/mol. The number of ether oxygens (including phenoxy) is 1. The predicted octanol–water partition coefficient (Wildman–Crippen LogP) is 4.66. The Morgan fingerprint density at radius 3 is 2.59 bits per heavy atom. The van der Waals surface area contributed by atoms with Crippen LogP contribution in [0.4, 0.5) is 0 Å². The van der Waals surface area contributed by atoms with Gasteiger partial charge in [-0.25, -0.2) is 15.0 Å². The van der Waals surface area contributed by atoms with E-state index in [-0.39, 0.29) is 6.10 Å². The maximum atomic E-state index is 6.46. The number of nitrogens with zero attached hydrogens (tertiary/aromatic N) is 5. The van der Waals surface area contributed by atoms with Gasteiger partial charge in [-0.2, -0.15) is 0 Å². The Labute approximate surface area is 175 Å². The third-order valence-electron chi connectivity index (χ3n) is 6.67. The molecule has 6 nitrogen and oxygen atoms in total. The van der Waals surface area contributed by atoms with E-state index < -0.39 is 0 Å². The summed E-state index contributed by atoms with van der Waals surface area (Å²) in [5.74, 6) is 0.769. The van der Waals surface area contributed by atoms with Gasteiger partial charge in [0.2, 0.25) is 5.88 Å². The van der Waals surface area contributed by atoms with Gasteiger partial charge >= 0.3 is 0 Å². The zero-order valence-corrected chi connectivity index (χ0v) is 18.1. The molecule has 5 rings (SSSR count). The topological polar surface area (TPSA) is 56.1 Å². The second-order valence-electron chi connectivity index (χ2n) is 8.47. The lowest BCUT2D eigenvalue weighted by Crippen LogP contribution is -2.38. The molecule has 0 aromatic carbocycles. The molecule has 1 saturated carbocycles. The number of aryl methyl sites for hydroxylation is 1. The number of likely N-dealkylation sites (tertiary alicyclic amines) is 1. The minimum Gasteiger partial charge on any atom is -0.474 e. The van der Waals surface area contributed by atoms with Crippen LogP contribution in [0.25, 0.3) is 11.0 Å². The van der Waals surface area contributed by atoms with Gasteiger partial charge in [-0.05, 0) is 45.1 Å². The Bertz CT molecular complexity index is 969. The Hall–Kier alpha value is -1.99. The summed E-state index contributed by atoms with van der Waals surface area (Å²) in [5, 5.41) is 3.25. The van der Waals surface area contributed by atoms with Crippen molar-refractivity contribution in [1.82, 2.24) is 24.4 Å². The minimum absolute atomic E-state index is 0.217. The molecule has 0 atom stereocenters. The average molecular weight is 412 g/mol. The Kier molecular flexibility index (Phi) is 5.26. The normalized spacial score (nSPS) is 19.4. The molecule has 0 amide bonds. The fraction of sp³-hybridized carbons (Fsp3) is 0.591. The number of rotatable bonds is 5. The quantitative estimate of drug-likeness (QED) is 0.611. The molecule has 154 valence electrons. The van der Waals surface area contributed by atoms with Gasteiger partial charge < -0.3 is 9.30 Å². The monoisotopic (exact) mass is 411 g/mol. The van der Waals surface area contributed by atoms with Crippen LogP contribution in [0.15, 0.2) is 17.2 Å². The Balaban J connectivity index is 1.33. The maximum absolute atomic E-state index is 6.46. The first-order valence-corrected chi connectivity index (χ1v) is 11.7. The molecule has 1 aliphatic heterocycles. The molecule has 1 saturated heterocycles. The number of piperidine rings is 1.